The predicted octanol–water partition coefficient (Wildman–Crippen LogP) is 1.11. The first kappa shape index (κ1) is 9.64. The van der Waals surface area contributed by atoms with Crippen molar-refractivity contribution in [1.82, 2.24) is 14.8 Å². The van der Waals surface area contributed by atoms with Crippen molar-refractivity contribution in [2.75, 3.05) is 0 Å². The Bertz CT molecular complexity index is 515. The van der Waals surface area contributed by atoms with Gasteiger partial charge in [-0.2, -0.15) is 5.10 Å². The fourth-order valence-electron chi connectivity index (χ4n) is 1.32. The molecule has 15 heavy (non-hydrogen) atoms. The highest BCUT2D eigenvalue weighted by Gasteiger charge is 2.07. The molecule has 2 heterocycles. The Balaban J connectivity index is 2.57. The Kier molecular flexibility index (Phi) is 2.15. The van der Waals surface area contributed by atoms with E-state index in [1.807, 2.05) is 24.7 Å². The van der Waals surface area contributed by atoms with Gasteiger partial charge < -0.3 is 5.73 Å². The highest BCUT2D eigenvalue weighted by atomic mass is 16.1. The maximum atomic E-state index is 10.9. The van der Waals surface area contributed by atoms with E-state index in [9.17, 15) is 4.79 Å². The first-order valence-corrected chi connectivity index (χ1v) is 4.72. The van der Waals surface area contributed by atoms with Crippen LogP contribution in [-0.4, -0.2) is 20.7 Å². The molecule has 0 aliphatic carbocycles. The molecule has 0 aromatic carbocycles. The lowest BCUT2D eigenvalue weighted by molar-refractivity contribution is 0.1000. The van der Waals surface area contributed by atoms with E-state index in [4.69, 9.17) is 5.73 Å². The molecule has 0 atom stereocenters. The summed E-state index contributed by atoms with van der Waals surface area (Å²) in [6.45, 7) is 4.06. The first-order chi connectivity index (χ1) is 7.08. The first-order valence-electron chi connectivity index (χ1n) is 4.72. The summed E-state index contributed by atoms with van der Waals surface area (Å²) in [7, 11) is 0. The van der Waals surface area contributed by atoms with Gasteiger partial charge >= 0.3 is 0 Å². The summed E-state index contributed by atoms with van der Waals surface area (Å²) in [4.78, 5) is 15.1. The number of rotatable bonds is 2. The minimum absolute atomic E-state index is 0.274. The Morgan fingerprint density at radius 3 is 2.80 bits per heavy atom. The fraction of sp³-hybridized carbons (Fsp3) is 0.300. The molecule has 0 saturated heterocycles. The second-order valence-electron chi connectivity index (χ2n) is 3.70. The van der Waals surface area contributed by atoms with E-state index in [1.54, 1.807) is 6.07 Å². The number of fused-ring (bicyclic) bond motifs is 1. The van der Waals surface area contributed by atoms with Crippen LogP contribution in [0, 0.1) is 0 Å². The van der Waals surface area contributed by atoms with Gasteiger partial charge in [-0.25, -0.2) is 0 Å². The average molecular weight is 204 g/mol. The Morgan fingerprint density at radius 1 is 1.47 bits per heavy atom. The number of nitrogens with two attached hydrogens (primary N) is 1. The molecule has 2 aromatic rings. The van der Waals surface area contributed by atoms with Gasteiger partial charge in [-0.05, 0) is 19.9 Å². The molecule has 0 aliphatic heterocycles. The van der Waals surface area contributed by atoms with Crippen molar-refractivity contribution in [1.29, 1.82) is 0 Å². The van der Waals surface area contributed by atoms with Crippen LogP contribution < -0.4 is 5.73 Å². The van der Waals surface area contributed by atoms with E-state index in [0.717, 1.165) is 5.52 Å². The topological polar surface area (TPSA) is 73.8 Å². The molecular weight excluding hydrogens is 192 g/mol. The molecule has 0 unspecified atom stereocenters. The average Bonchev–Trinajstić information content (AvgIpc) is 2.59. The molecule has 0 bridgehead atoms. The molecule has 0 saturated carbocycles. The number of primary amides is 1. The normalized spacial score (nSPS) is 11.1. The number of pyridine rings is 1. The largest absolute Gasteiger partial charge is 0.366 e. The van der Waals surface area contributed by atoms with Gasteiger partial charge in [0, 0.05) is 12.2 Å². The van der Waals surface area contributed by atoms with Crippen LogP contribution in [0.1, 0.15) is 30.2 Å². The Morgan fingerprint density at radius 2 is 2.20 bits per heavy atom. The van der Waals surface area contributed by atoms with Gasteiger partial charge in [-0.15, -0.1) is 0 Å². The minimum atomic E-state index is -0.483. The summed E-state index contributed by atoms with van der Waals surface area (Å²) in [5.41, 5.74) is 7.01. The molecule has 0 spiro atoms. The van der Waals surface area contributed by atoms with Gasteiger partial charge in [0.05, 0.1) is 11.8 Å². The van der Waals surface area contributed by atoms with Crippen LogP contribution in [-0.2, 0) is 0 Å². The van der Waals surface area contributed by atoms with Crippen molar-refractivity contribution in [2.24, 2.45) is 5.73 Å². The van der Waals surface area contributed by atoms with Gasteiger partial charge in [0.25, 0.3) is 0 Å². The van der Waals surface area contributed by atoms with Crippen molar-refractivity contribution in [3.63, 3.8) is 0 Å². The summed E-state index contributed by atoms with van der Waals surface area (Å²) >= 11 is 0. The van der Waals surface area contributed by atoms with Crippen molar-refractivity contribution < 1.29 is 4.79 Å². The van der Waals surface area contributed by atoms with Crippen LogP contribution in [0.2, 0.25) is 0 Å². The lowest BCUT2D eigenvalue weighted by Crippen LogP contribution is -2.10. The molecule has 1 amide bonds. The number of hydrogen-bond acceptors (Lipinski definition) is 3. The van der Waals surface area contributed by atoms with Crippen LogP contribution in [0.15, 0.2) is 18.5 Å². The highest BCUT2D eigenvalue weighted by Crippen LogP contribution is 2.13. The lowest BCUT2D eigenvalue weighted by Gasteiger charge is -2.01. The number of aromatic nitrogens is 3. The molecule has 0 radical (unpaired) electrons. The summed E-state index contributed by atoms with van der Waals surface area (Å²) in [5, 5.41) is 4.30. The number of nitrogens with zero attached hydrogens (tertiary/aromatic N) is 3. The molecule has 5 nitrogen and oxygen atoms in total. The SMILES string of the molecule is CC(C)n1cc2ncc(C(N)=O)cc2n1. The molecule has 78 valence electrons. The standard InChI is InChI=1S/C10H12N4O/c1-6(2)14-5-9-8(13-14)3-7(4-12-9)10(11)15/h3-6H,1-2H3,(H2,11,15). The summed E-state index contributed by atoms with van der Waals surface area (Å²) in [6, 6.07) is 1.93. The fourth-order valence-corrected chi connectivity index (χ4v) is 1.32. The van der Waals surface area contributed by atoms with Crippen LogP contribution in [0.5, 0.6) is 0 Å². The van der Waals surface area contributed by atoms with E-state index in [1.165, 1.54) is 6.20 Å². The van der Waals surface area contributed by atoms with Gasteiger partial charge in [-0.3, -0.25) is 14.5 Å². The molecule has 2 N–H and O–H groups in total. The van der Waals surface area contributed by atoms with Crippen LogP contribution in [0.25, 0.3) is 11.0 Å². The van der Waals surface area contributed by atoms with Gasteiger partial charge in [0.15, 0.2) is 0 Å². The molecular formula is C10H12N4O. The Labute approximate surface area is 86.9 Å². The molecule has 2 aromatic heterocycles. The molecule has 5 heteroatoms. The Hall–Kier alpha value is -1.91. The summed E-state index contributed by atoms with van der Waals surface area (Å²) in [6.07, 6.45) is 3.32. The molecule has 0 aliphatic rings. The van der Waals surface area contributed by atoms with Gasteiger partial charge in [0.1, 0.15) is 11.0 Å². The summed E-state index contributed by atoms with van der Waals surface area (Å²) < 4.78 is 1.81. The third-order valence-electron chi connectivity index (χ3n) is 2.19. The van der Waals surface area contributed by atoms with E-state index < -0.39 is 5.91 Å². The van der Waals surface area contributed by atoms with Crippen LogP contribution in [0.4, 0.5) is 0 Å². The van der Waals surface area contributed by atoms with Crippen molar-refractivity contribution in [3.05, 3.63) is 24.0 Å². The van der Waals surface area contributed by atoms with E-state index in [2.05, 4.69) is 10.1 Å². The maximum absolute atomic E-state index is 10.9. The van der Waals surface area contributed by atoms with E-state index in [0.29, 0.717) is 11.1 Å². The lowest BCUT2D eigenvalue weighted by atomic mass is 10.2. The smallest absolute Gasteiger partial charge is 0.250 e. The zero-order valence-corrected chi connectivity index (χ0v) is 8.64. The van der Waals surface area contributed by atoms with Gasteiger partial charge in [-0.1, -0.05) is 0 Å². The van der Waals surface area contributed by atoms with Gasteiger partial charge in [0.2, 0.25) is 5.91 Å². The zero-order chi connectivity index (χ0) is 11.0. The van der Waals surface area contributed by atoms with Crippen molar-refractivity contribution in [3.8, 4) is 0 Å². The van der Waals surface area contributed by atoms with Crippen LogP contribution >= 0.6 is 0 Å². The number of carbonyl (C=O) groups excluding carboxylic acids is 1. The molecule has 0 fully saturated rings. The zero-order valence-electron chi connectivity index (χ0n) is 8.64. The molecule has 2 rings (SSSR count). The predicted molar refractivity (Wildman–Crippen MR) is 56.4 cm³/mol. The summed E-state index contributed by atoms with van der Waals surface area (Å²) in [5.74, 6) is -0.483. The number of amides is 1. The second-order valence-corrected chi connectivity index (χ2v) is 3.70. The third kappa shape index (κ3) is 1.68. The number of carbonyl (C=O) groups is 1. The minimum Gasteiger partial charge on any atom is -0.366 e. The second kappa shape index (κ2) is 3.34. The van der Waals surface area contributed by atoms with E-state index in [-0.39, 0.29) is 6.04 Å². The van der Waals surface area contributed by atoms with E-state index >= 15 is 0 Å². The van der Waals surface area contributed by atoms with Crippen molar-refractivity contribution >= 4 is 16.9 Å². The highest BCUT2D eigenvalue weighted by molar-refractivity contribution is 5.95. The number of hydrogen-bond donors (Lipinski definition) is 1. The van der Waals surface area contributed by atoms with Crippen LogP contribution in [0.3, 0.4) is 0 Å². The monoisotopic (exact) mass is 204 g/mol. The third-order valence-corrected chi connectivity index (χ3v) is 2.19. The maximum Gasteiger partial charge on any atom is 0.250 e. The quantitative estimate of drug-likeness (QED) is 0.796. The van der Waals surface area contributed by atoms with Crippen molar-refractivity contribution in [2.45, 2.75) is 19.9 Å².